The smallest absolute Gasteiger partial charge is 0.411 e. The van der Waals surface area contributed by atoms with E-state index in [1.54, 1.807) is 0 Å². The van der Waals surface area contributed by atoms with Gasteiger partial charge >= 0.3 is 29.7 Å². The van der Waals surface area contributed by atoms with E-state index in [1.807, 2.05) is 0 Å². The molecule has 0 bridgehead atoms. The summed E-state index contributed by atoms with van der Waals surface area (Å²) in [6.45, 7) is 4.18. The average Bonchev–Trinajstić information content (AvgIpc) is 2.60. The van der Waals surface area contributed by atoms with Crippen molar-refractivity contribution in [3.8, 4) is 0 Å². The second-order valence-corrected chi connectivity index (χ2v) is 4.78. The maximum absolute atomic E-state index is 13.6. The van der Waals surface area contributed by atoms with Crippen LogP contribution in [0.1, 0.15) is 12.8 Å². The van der Waals surface area contributed by atoms with Crippen LogP contribution in [0.2, 0.25) is 0 Å². The van der Waals surface area contributed by atoms with Gasteiger partial charge in [-0.1, -0.05) is 13.2 Å². The number of ether oxygens (including phenoxy) is 4. The molecule has 0 aromatic rings. The lowest BCUT2D eigenvalue weighted by atomic mass is 10.0. The fourth-order valence-electron chi connectivity index (χ4n) is 1.44. The van der Waals surface area contributed by atoms with Crippen LogP contribution < -0.4 is 0 Å². The molecule has 0 aromatic heterocycles. The molecule has 0 aliphatic carbocycles. The van der Waals surface area contributed by atoms with Gasteiger partial charge in [0.25, 0.3) is 0 Å². The molecule has 0 N–H and O–H groups in total. The van der Waals surface area contributed by atoms with Gasteiger partial charge in [0.1, 0.15) is 13.2 Å². The topological polar surface area (TPSA) is 71.1 Å². The number of unbranched alkanes of at least 4 members (excludes halogenated alkanes) is 1. The van der Waals surface area contributed by atoms with Gasteiger partial charge in [-0.2, -0.15) is 26.3 Å². The molecule has 0 aliphatic rings. The Labute approximate surface area is 150 Å². The maximum atomic E-state index is 13.6. The largest absolute Gasteiger partial charge is 0.502 e. The van der Waals surface area contributed by atoms with Gasteiger partial charge in [-0.25, -0.2) is 9.59 Å². The molecule has 0 rings (SSSR count). The molecule has 0 fully saturated rings. The highest BCUT2D eigenvalue weighted by Crippen LogP contribution is 2.46. The second-order valence-electron chi connectivity index (χ2n) is 4.78. The van der Waals surface area contributed by atoms with Crippen LogP contribution in [0.15, 0.2) is 25.7 Å². The van der Waals surface area contributed by atoms with Crippen LogP contribution in [0, 0.1) is 0 Å². The Kier molecular flexibility index (Phi) is 9.73. The van der Waals surface area contributed by atoms with Gasteiger partial charge in [-0.3, -0.25) is 0 Å². The molecule has 6 nitrogen and oxygen atoms in total. The summed E-state index contributed by atoms with van der Waals surface area (Å²) in [5, 5.41) is 0. The van der Waals surface area contributed by atoms with Crippen LogP contribution in [0.3, 0.4) is 0 Å². The van der Waals surface area contributed by atoms with E-state index in [-0.39, 0.29) is 19.4 Å². The van der Waals surface area contributed by atoms with Gasteiger partial charge in [0.05, 0.1) is 25.7 Å². The van der Waals surface area contributed by atoms with Gasteiger partial charge in [0.15, 0.2) is 0 Å². The highest BCUT2D eigenvalue weighted by Gasteiger charge is 2.79. The summed E-state index contributed by atoms with van der Waals surface area (Å²) >= 11 is 0. The Balaban J connectivity index is 4.88. The predicted octanol–water partition coefficient (Wildman–Crippen LogP) is 3.08. The van der Waals surface area contributed by atoms with Gasteiger partial charge in [0, 0.05) is 0 Å². The number of hydrogen-bond acceptors (Lipinski definition) is 6. The first-order valence-electron chi connectivity index (χ1n) is 7.39. The van der Waals surface area contributed by atoms with Crippen molar-refractivity contribution in [2.75, 3.05) is 26.4 Å². The Morgan fingerprint density at radius 2 is 1.11 bits per heavy atom. The van der Waals surface area contributed by atoms with E-state index >= 15 is 0 Å². The lowest BCUT2D eigenvalue weighted by molar-refractivity contribution is -0.301. The quantitative estimate of drug-likeness (QED) is 0.190. The molecule has 12 heteroatoms. The van der Waals surface area contributed by atoms with Crippen LogP contribution in [-0.4, -0.2) is 56.1 Å². The lowest BCUT2D eigenvalue weighted by Gasteiger charge is -2.29. The zero-order valence-electron chi connectivity index (χ0n) is 14.0. The van der Waals surface area contributed by atoms with Crippen LogP contribution >= 0.6 is 0 Å². The van der Waals surface area contributed by atoms with E-state index < -0.39 is 49.5 Å². The van der Waals surface area contributed by atoms with Crippen molar-refractivity contribution in [3.05, 3.63) is 25.7 Å². The summed E-state index contributed by atoms with van der Waals surface area (Å²) in [7, 11) is 0. The molecule has 0 saturated heterocycles. The highest BCUT2D eigenvalue weighted by molar-refractivity contribution is 5.84. The second kappa shape index (κ2) is 10.7. The molecular formula is C15H18F6O6. The molecule has 0 heterocycles. The van der Waals surface area contributed by atoms with Crippen molar-refractivity contribution in [2.45, 2.75) is 30.6 Å². The van der Waals surface area contributed by atoms with Crippen molar-refractivity contribution < 1.29 is 54.9 Å². The minimum absolute atomic E-state index is 0.0665. The first-order chi connectivity index (χ1) is 12.5. The Bertz CT molecular complexity index is 523. The van der Waals surface area contributed by atoms with Crippen molar-refractivity contribution in [1.29, 1.82) is 0 Å². The minimum atomic E-state index is -6.39. The summed E-state index contributed by atoms with van der Waals surface area (Å²) in [5.74, 6) is -24.2. The van der Waals surface area contributed by atoms with E-state index in [4.69, 9.17) is 0 Å². The van der Waals surface area contributed by atoms with Crippen LogP contribution in [0.25, 0.3) is 0 Å². The Hall–Kier alpha value is -2.40. The van der Waals surface area contributed by atoms with Gasteiger partial charge in [-0.05, 0) is 12.8 Å². The van der Waals surface area contributed by atoms with E-state index in [9.17, 15) is 35.9 Å². The summed E-state index contributed by atoms with van der Waals surface area (Å²) in [5.41, 5.74) is 0. The normalized spacial score (nSPS) is 12.1. The van der Waals surface area contributed by atoms with Crippen molar-refractivity contribution in [3.63, 3.8) is 0 Å². The molecule has 0 aliphatic heterocycles. The fraction of sp³-hybridized carbons (Fsp3) is 0.600. The van der Waals surface area contributed by atoms with Crippen molar-refractivity contribution in [2.24, 2.45) is 0 Å². The first kappa shape index (κ1) is 24.6. The molecule has 0 spiro atoms. The summed E-state index contributed by atoms with van der Waals surface area (Å²) in [4.78, 5) is 22.2. The van der Waals surface area contributed by atoms with E-state index in [2.05, 4.69) is 32.1 Å². The Morgan fingerprint density at radius 1 is 0.704 bits per heavy atom. The zero-order valence-corrected chi connectivity index (χ0v) is 14.0. The number of alkyl halides is 6. The van der Waals surface area contributed by atoms with E-state index in [1.165, 1.54) is 0 Å². The number of halogens is 6. The van der Waals surface area contributed by atoms with E-state index in [0.29, 0.717) is 0 Å². The van der Waals surface area contributed by atoms with Gasteiger partial charge in [-0.15, -0.1) is 0 Å². The van der Waals surface area contributed by atoms with Crippen LogP contribution in [-0.2, 0) is 28.5 Å². The monoisotopic (exact) mass is 408 g/mol. The van der Waals surface area contributed by atoms with Crippen LogP contribution in [0.4, 0.5) is 26.3 Å². The van der Waals surface area contributed by atoms with Gasteiger partial charge in [0.2, 0.25) is 0 Å². The Morgan fingerprint density at radius 3 is 1.59 bits per heavy atom. The molecule has 0 radical (unpaired) electrons. The number of esters is 2. The summed E-state index contributed by atoms with van der Waals surface area (Å²) in [6, 6.07) is 0. The molecule has 0 aromatic carbocycles. The third-order valence-corrected chi connectivity index (χ3v) is 2.86. The maximum Gasteiger partial charge on any atom is 0.411 e. The SMILES string of the molecule is C=COCCCCOC(=O)C(F)(F)C(F)(F)C(F)(F)C(=O)OCCOC=C. The number of carbonyl (C=O) groups excluding carboxylic acids is 2. The molecular weight excluding hydrogens is 390 g/mol. The molecule has 0 unspecified atom stereocenters. The third kappa shape index (κ3) is 6.36. The molecule has 0 amide bonds. The molecule has 156 valence electrons. The number of carbonyl (C=O) groups is 2. The predicted molar refractivity (Wildman–Crippen MR) is 78.3 cm³/mol. The van der Waals surface area contributed by atoms with E-state index in [0.717, 1.165) is 12.5 Å². The molecule has 0 atom stereocenters. The lowest BCUT2D eigenvalue weighted by Crippen LogP contribution is -2.61. The minimum Gasteiger partial charge on any atom is -0.502 e. The standard InChI is InChI=1S/C15H18F6O6/c1-3-24-7-5-6-8-26-11(22)13(16,17)15(20,21)14(18,19)12(23)27-10-9-25-4-2/h3-4H,1-2,5-10H2. The zero-order chi connectivity index (χ0) is 21.1. The first-order valence-corrected chi connectivity index (χ1v) is 7.39. The summed E-state index contributed by atoms with van der Waals surface area (Å²) in [6.07, 6.45) is 2.05. The van der Waals surface area contributed by atoms with Crippen molar-refractivity contribution in [1.82, 2.24) is 0 Å². The number of hydrogen-bond donors (Lipinski definition) is 0. The molecule has 0 saturated carbocycles. The van der Waals surface area contributed by atoms with Gasteiger partial charge < -0.3 is 18.9 Å². The average molecular weight is 408 g/mol. The number of rotatable bonds is 14. The summed E-state index contributed by atoms with van der Waals surface area (Å²) < 4.78 is 97.9. The highest BCUT2D eigenvalue weighted by atomic mass is 19.3. The van der Waals surface area contributed by atoms with Crippen molar-refractivity contribution >= 4 is 11.9 Å². The fourth-order valence-corrected chi connectivity index (χ4v) is 1.44. The van der Waals surface area contributed by atoms with Crippen LogP contribution in [0.5, 0.6) is 0 Å². The molecule has 27 heavy (non-hydrogen) atoms. The third-order valence-electron chi connectivity index (χ3n) is 2.86.